The molecule has 1 saturated heterocycles. The Morgan fingerprint density at radius 3 is 2.51 bits per heavy atom. The van der Waals surface area contributed by atoms with Crippen LogP contribution in [0.2, 0.25) is 0 Å². The minimum Gasteiger partial charge on any atom is -0.457 e. The van der Waals surface area contributed by atoms with Crippen molar-refractivity contribution in [3.8, 4) is 22.6 Å². The smallest absolute Gasteiger partial charge is 0.254 e. The number of aliphatic hydroxyl groups excluding tert-OH is 1. The van der Waals surface area contributed by atoms with E-state index in [0.717, 1.165) is 5.56 Å². The highest BCUT2D eigenvalue weighted by Gasteiger charge is 2.33. The lowest BCUT2D eigenvalue weighted by Gasteiger charge is -2.34. The van der Waals surface area contributed by atoms with Crippen LogP contribution in [0.25, 0.3) is 11.1 Å². The van der Waals surface area contributed by atoms with Gasteiger partial charge >= 0.3 is 0 Å². The quantitative estimate of drug-likeness (QED) is 0.216. The summed E-state index contributed by atoms with van der Waals surface area (Å²) in [5, 5.41) is 13.6. The number of likely N-dealkylation sites (tertiary alicyclic amines) is 1. The molecule has 3 atom stereocenters. The van der Waals surface area contributed by atoms with Crippen LogP contribution >= 0.6 is 0 Å². The molecule has 1 aromatic heterocycles. The third kappa shape index (κ3) is 7.15. The van der Waals surface area contributed by atoms with Crippen molar-refractivity contribution in [3.63, 3.8) is 0 Å². The summed E-state index contributed by atoms with van der Waals surface area (Å²) in [5.74, 6) is -1.51. The van der Waals surface area contributed by atoms with Crippen LogP contribution in [-0.4, -0.2) is 59.2 Å². The van der Waals surface area contributed by atoms with E-state index in [0.29, 0.717) is 59.6 Å². The lowest BCUT2D eigenvalue weighted by molar-refractivity contribution is -0.126. The normalized spacial score (nSPS) is 18.7. The standard InChI is InChI=1S/C38H40F3N3O5/c1-5-48-33(45)17-31-29-15-25(14-22(3)35(29)41)34-21(2)7-6-8-32(34)49-27-9-10-30(40)28(16-27)36(37(46)42-31)44-18-24(13-23(4)38(44)47)11-12-43-19-26(39)20-43/h6-10,13-16,18,26,31,33,36,45H,5,11-12,17,19-20H2,1-4H3,(H,42,46)/t31-,33?,36-/m0/s1. The van der Waals surface area contributed by atoms with E-state index in [4.69, 9.17) is 9.47 Å². The van der Waals surface area contributed by atoms with Crippen LogP contribution in [-0.2, 0) is 16.0 Å². The second kappa shape index (κ2) is 14.2. The summed E-state index contributed by atoms with van der Waals surface area (Å²) in [6.07, 6.45) is -0.485. The van der Waals surface area contributed by atoms with Gasteiger partial charge in [0.05, 0.1) is 6.04 Å². The van der Waals surface area contributed by atoms with Gasteiger partial charge in [-0.25, -0.2) is 13.2 Å². The van der Waals surface area contributed by atoms with Gasteiger partial charge < -0.3 is 19.9 Å². The third-order valence-electron chi connectivity index (χ3n) is 9.22. The number of aliphatic hydroxyl groups is 1. The van der Waals surface area contributed by atoms with Gasteiger partial charge in [-0.2, -0.15) is 0 Å². The van der Waals surface area contributed by atoms with E-state index in [9.17, 15) is 19.1 Å². The Morgan fingerprint density at radius 2 is 1.78 bits per heavy atom. The first-order valence-electron chi connectivity index (χ1n) is 16.5. The highest BCUT2D eigenvalue weighted by atomic mass is 19.1. The predicted molar refractivity (Wildman–Crippen MR) is 180 cm³/mol. The molecule has 1 fully saturated rings. The molecule has 0 spiro atoms. The molecule has 0 radical (unpaired) electrons. The lowest BCUT2D eigenvalue weighted by Crippen LogP contribution is -2.49. The van der Waals surface area contributed by atoms with Crippen molar-refractivity contribution in [1.29, 1.82) is 0 Å². The van der Waals surface area contributed by atoms with Crippen molar-refractivity contribution >= 4 is 5.91 Å². The summed E-state index contributed by atoms with van der Waals surface area (Å²) in [5.41, 5.74) is 2.86. The fourth-order valence-corrected chi connectivity index (χ4v) is 6.73. The SMILES string of the molecule is CCOC(O)C[C@@H]1NC(=O)[C@@H](n2cc(CCN3CC(F)C3)cc(C)c2=O)c2cc(ccc2F)Oc2cccc(C)c2-c2cc(C)c(F)c1c2. The summed E-state index contributed by atoms with van der Waals surface area (Å²) in [6.45, 7) is 8.18. The summed E-state index contributed by atoms with van der Waals surface area (Å²) >= 11 is 0. The van der Waals surface area contributed by atoms with E-state index in [2.05, 4.69) is 5.32 Å². The lowest BCUT2D eigenvalue weighted by atomic mass is 9.92. The molecule has 2 aliphatic heterocycles. The van der Waals surface area contributed by atoms with Crippen molar-refractivity contribution in [1.82, 2.24) is 14.8 Å². The maximum atomic E-state index is 16.1. The second-order valence-electron chi connectivity index (χ2n) is 12.9. The Morgan fingerprint density at radius 1 is 1.00 bits per heavy atom. The van der Waals surface area contributed by atoms with Gasteiger partial charge in [-0.15, -0.1) is 0 Å². The number of halogens is 3. The summed E-state index contributed by atoms with van der Waals surface area (Å²) < 4.78 is 58.5. The number of nitrogens with zero attached hydrogens (tertiary/aromatic N) is 2. The molecule has 2 aliphatic rings. The fraction of sp³-hybridized carbons (Fsp3) is 0.368. The van der Waals surface area contributed by atoms with Crippen LogP contribution in [0.5, 0.6) is 11.5 Å². The van der Waals surface area contributed by atoms with Crippen molar-refractivity contribution in [3.05, 3.63) is 116 Å². The molecule has 11 heteroatoms. The maximum Gasteiger partial charge on any atom is 0.254 e. The van der Waals surface area contributed by atoms with Crippen LogP contribution in [0.15, 0.2) is 65.6 Å². The first-order valence-corrected chi connectivity index (χ1v) is 16.5. The van der Waals surface area contributed by atoms with Gasteiger partial charge in [-0.05, 0) is 98.8 Å². The Labute approximate surface area is 283 Å². The van der Waals surface area contributed by atoms with Crippen LogP contribution in [0.1, 0.15) is 58.8 Å². The van der Waals surface area contributed by atoms with Gasteiger partial charge in [0.2, 0.25) is 5.91 Å². The van der Waals surface area contributed by atoms with Crippen LogP contribution in [0, 0.1) is 32.4 Å². The predicted octanol–water partition coefficient (Wildman–Crippen LogP) is 6.21. The Bertz CT molecular complexity index is 1940. The summed E-state index contributed by atoms with van der Waals surface area (Å²) in [7, 11) is 0. The number of carbonyl (C=O) groups excluding carboxylic acids is 1. The van der Waals surface area contributed by atoms with Gasteiger partial charge in [0.15, 0.2) is 6.29 Å². The number of ether oxygens (including phenoxy) is 2. The number of amides is 1. The van der Waals surface area contributed by atoms with Gasteiger partial charge in [0, 0.05) is 61.1 Å². The number of nitrogens with one attached hydrogen (secondary N) is 1. The molecule has 1 unspecified atom stereocenters. The second-order valence-corrected chi connectivity index (χ2v) is 12.9. The van der Waals surface area contributed by atoms with Gasteiger partial charge in [-0.3, -0.25) is 19.1 Å². The zero-order chi connectivity index (χ0) is 35.0. The van der Waals surface area contributed by atoms with E-state index < -0.39 is 47.6 Å². The van der Waals surface area contributed by atoms with Gasteiger partial charge in [0.1, 0.15) is 35.3 Å². The van der Waals surface area contributed by atoms with Crippen molar-refractivity contribution in [2.24, 2.45) is 0 Å². The molecule has 4 aromatic rings. The molecule has 8 nitrogen and oxygen atoms in total. The number of carbonyl (C=O) groups is 1. The highest BCUT2D eigenvalue weighted by Crippen LogP contribution is 2.40. The molecule has 4 bridgehead atoms. The topological polar surface area (TPSA) is 93.0 Å². The molecule has 0 saturated carbocycles. The number of aromatic nitrogens is 1. The van der Waals surface area contributed by atoms with Crippen LogP contribution in [0.4, 0.5) is 13.2 Å². The zero-order valence-corrected chi connectivity index (χ0v) is 27.9. The number of pyridine rings is 1. The molecule has 6 rings (SSSR count). The number of rotatable bonds is 8. The molecule has 3 aromatic carbocycles. The highest BCUT2D eigenvalue weighted by molar-refractivity contribution is 5.85. The molecule has 0 aliphatic carbocycles. The molecule has 2 N–H and O–H groups in total. The van der Waals surface area contributed by atoms with Crippen LogP contribution in [0.3, 0.4) is 0 Å². The zero-order valence-electron chi connectivity index (χ0n) is 27.9. The molecule has 49 heavy (non-hydrogen) atoms. The molecular weight excluding hydrogens is 635 g/mol. The van der Waals surface area contributed by atoms with Crippen molar-refractivity contribution < 1.29 is 32.5 Å². The summed E-state index contributed by atoms with van der Waals surface area (Å²) in [6, 6.07) is 11.8. The largest absolute Gasteiger partial charge is 0.457 e. The molecule has 258 valence electrons. The molecular formula is C38H40F3N3O5. The number of hydrogen-bond acceptors (Lipinski definition) is 6. The summed E-state index contributed by atoms with van der Waals surface area (Å²) in [4.78, 5) is 30.3. The third-order valence-corrected chi connectivity index (χ3v) is 9.22. The van der Waals surface area contributed by atoms with E-state index >= 15 is 8.78 Å². The first-order chi connectivity index (χ1) is 23.4. The van der Waals surface area contributed by atoms with E-state index in [1.165, 1.54) is 29.0 Å². The van der Waals surface area contributed by atoms with E-state index in [-0.39, 0.29) is 29.9 Å². The first kappa shape index (κ1) is 34.4. The van der Waals surface area contributed by atoms with Gasteiger partial charge in [0.25, 0.3) is 5.56 Å². The molecule has 3 heterocycles. The Balaban J connectivity index is 1.55. The van der Waals surface area contributed by atoms with Crippen LogP contribution < -0.4 is 15.6 Å². The number of fused-ring (bicyclic) bond motifs is 6. The van der Waals surface area contributed by atoms with Crippen molar-refractivity contribution in [2.45, 2.75) is 65.1 Å². The minimum absolute atomic E-state index is 0.0828. The molecule has 1 amide bonds. The van der Waals surface area contributed by atoms with Crippen molar-refractivity contribution in [2.75, 3.05) is 26.2 Å². The van der Waals surface area contributed by atoms with E-state index in [1.807, 2.05) is 24.0 Å². The fourth-order valence-electron chi connectivity index (χ4n) is 6.73. The Hall–Kier alpha value is -4.45. The minimum atomic E-state index is -1.55. The number of alkyl halides is 1. The maximum absolute atomic E-state index is 16.1. The number of aryl methyl sites for hydroxylation is 3. The van der Waals surface area contributed by atoms with E-state index in [1.54, 1.807) is 45.0 Å². The monoisotopic (exact) mass is 675 g/mol. The van der Waals surface area contributed by atoms with Gasteiger partial charge in [-0.1, -0.05) is 12.1 Å². The number of benzene rings is 3. The number of hydrogen-bond donors (Lipinski definition) is 2. The average Bonchev–Trinajstić information content (AvgIpc) is 3.03. The Kier molecular flexibility index (Phi) is 9.96. The average molecular weight is 676 g/mol.